The molecule has 0 fully saturated rings. The lowest BCUT2D eigenvalue weighted by Crippen LogP contribution is -2.20. The molecular formula is C16H18ClN3O. The number of nitrogens with one attached hydrogen (secondary N) is 1. The van der Waals surface area contributed by atoms with Crippen LogP contribution >= 0.6 is 11.6 Å². The first kappa shape index (κ1) is 14.2. The van der Waals surface area contributed by atoms with Gasteiger partial charge in [-0.05, 0) is 20.0 Å². The molecule has 2 aromatic heterocycles. The van der Waals surface area contributed by atoms with E-state index in [4.69, 9.17) is 16.0 Å². The highest BCUT2D eigenvalue weighted by atomic mass is 35.5. The molecule has 2 heterocycles. The van der Waals surface area contributed by atoms with E-state index in [0.717, 1.165) is 39.4 Å². The molecule has 1 atom stereocenters. The van der Waals surface area contributed by atoms with E-state index in [-0.39, 0.29) is 6.04 Å². The number of hydrogen-bond acceptors (Lipinski definition) is 3. The van der Waals surface area contributed by atoms with Gasteiger partial charge < -0.3 is 9.73 Å². The van der Waals surface area contributed by atoms with Gasteiger partial charge in [-0.15, -0.1) is 0 Å². The minimum atomic E-state index is 0.126. The van der Waals surface area contributed by atoms with Crippen LogP contribution in [0.5, 0.6) is 0 Å². The zero-order chi connectivity index (χ0) is 15.0. The second-order valence-electron chi connectivity index (χ2n) is 5.20. The zero-order valence-electron chi connectivity index (χ0n) is 12.4. The van der Waals surface area contributed by atoms with Gasteiger partial charge in [0.15, 0.2) is 0 Å². The summed E-state index contributed by atoms with van der Waals surface area (Å²) in [6, 6.07) is 8.18. The number of fused-ring (bicyclic) bond motifs is 1. The molecule has 0 aliphatic rings. The maximum absolute atomic E-state index is 6.36. The number of halogens is 1. The minimum absolute atomic E-state index is 0.126. The third kappa shape index (κ3) is 2.45. The van der Waals surface area contributed by atoms with E-state index >= 15 is 0 Å². The third-order valence-corrected chi connectivity index (χ3v) is 4.39. The molecule has 0 saturated heterocycles. The predicted octanol–water partition coefficient (Wildman–Crippen LogP) is 3.63. The van der Waals surface area contributed by atoms with Crippen LogP contribution in [0.1, 0.15) is 23.0 Å². The van der Waals surface area contributed by atoms with Gasteiger partial charge in [0.05, 0.1) is 22.7 Å². The van der Waals surface area contributed by atoms with Crippen molar-refractivity contribution in [3.05, 3.63) is 52.5 Å². The van der Waals surface area contributed by atoms with Gasteiger partial charge in [0, 0.05) is 30.5 Å². The second kappa shape index (κ2) is 5.54. The Hall–Kier alpha value is -1.78. The first-order valence-electron chi connectivity index (χ1n) is 6.93. The van der Waals surface area contributed by atoms with E-state index in [1.54, 1.807) is 0 Å². The van der Waals surface area contributed by atoms with Crippen LogP contribution in [-0.4, -0.2) is 16.8 Å². The number of aromatic nitrogens is 2. The smallest absolute Gasteiger partial charge is 0.134 e. The number of benzene rings is 1. The molecule has 0 saturated carbocycles. The van der Waals surface area contributed by atoms with Gasteiger partial charge in [-0.1, -0.05) is 29.8 Å². The summed E-state index contributed by atoms with van der Waals surface area (Å²) in [5, 5.41) is 9.60. The van der Waals surface area contributed by atoms with Crippen LogP contribution in [0.3, 0.4) is 0 Å². The lowest BCUT2D eigenvalue weighted by Gasteiger charge is -2.15. The maximum atomic E-state index is 6.36. The van der Waals surface area contributed by atoms with Crippen molar-refractivity contribution in [3.8, 4) is 0 Å². The van der Waals surface area contributed by atoms with Crippen molar-refractivity contribution in [2.45, 2.75) is 19.4 Å². The zero-order valence-corrected chi connectivity index (χ0v) is 13.1. The van der Waals surface area contributed by atoms with Crippen LogP contribution in [0, 0.1) is 6.92 Å². The highest BCUT2D eigenvalue weighted by molar-refractivity contribution is 6.31. The summed E-state index contributed by atoms with van der Waals surface area (Å²) in [6.07, 6.45) is 2.58. The largest absolute Gasteiger partial charge is 0.464 e. The van der Waals surface area contributed by atoms with Gasteiger partial charge in [0.25, 0.3) is 0 Å². The monoisotopic (exact) mass is 303 g/mol. The molecule has 4 nitrogen and oxygen atoms in total. The summed E-state index contributed by atoms with van der Waals surface area (Å²) in [4.78, 5) is 0. The van der Waals surface area contributed by atoms with Crippen molar-refractivity contribution in [1.29, 1.82) is 0 Å². The molecule has 21 heavy (non-hydrogen) atoms. The molecule has 3 aromatic rings. The third-order valence-electron chi connectivity index (χ3n) is 3.89. The van der Waals surface area contributed by atoms with Gasteiger partial charge >= 0.3 is 0 Å². The molecule has 0 radical (unpaired) electrons. The Balaban J connectivity index is 1.99. The minimum Gasteiger partial charge on any atom is -0.464 e. The molecule has 3 rings (SSSR count). The van der Waals surface area contributed by atoms with E-state index < -0.39 is 0 Å². The van der Waals surface area contributed by atoms with Crippen molar-refractivity contribution in [1.82, 2.24) is 15.1 Å². The Morgan fingerprint density at radius 2 is 2.14 bits per heavy atom. The van der Waals surface area contributed by atoms with Crippen LogP contribution in [-0.2, 0) is 13.5 Å². The molecule has 1 N–H and O–H groups in total. The summed E-state index contributed by atoms with van der Waals surface area (Å²) in [5.41, 5.74) is 3.93. The van der Waals surface area contributed by atoms with Crippen LogP contribution < -0.4 is 5.32 Å². The van der Waals surface area contributed by atoms with Crippen LogP contribution in [0.15, 0.2) is 34.9 Å². The van der Waals surface area contributed by atoms with Crippen LogP contribution in [0.25, 0.3) is 11.0 Å². The lowest BCUT2D eigenvalue weighted by atomic mass is 10.0. The second-order valence-corrected chi connectivity index (χ2v) is 5.58. The molecule has 110 valence electrons. The van der Waals surface area contributed by atoms with Gasteiger partial charge in [-0.3, -0.25) is 4.68 Å². The number of furan rings is 1. The van der Waals surface area contributed by atoms with Gasteiger partial charge in [0.1, 0.15) is 5.58 Å². The molecule has 0 bridgehead atoms. The van der Waals surface area contributed by atoms with Gasteiger partial charge in [-0.2, -0.15) is 5.10 Å². The highest BCUT2D eigenvalue weighted by Crippen LogP contribution is 2.30. The number of para-hydroxylation sites is 1. The van der Waals surface area contributed by atoms with E-state index in [2.05, 4.69) is 16.5 Å². The molecule has 0 spiro atoms. The molecule has 5 heteroatoms. The summed E-state index contributed by atoms with van der Waals surface area (Å²) >= 11 is 6.36. The average molecular weight is 304 g/mol. The summed E-state index contributed by atoms with van der Waals surface area (Å²) in [5.74, 6) is 0. The standard InChI is InChI=1S/C16H18ClN3O/c1-10-16(17)14(20(3)19-10)8-13(18-2)12-9-21-15-7-5-4-6-11(12)15/h4-7,9,13,18H,8H2,1-3H3. The number of rotatable bonds is 4. The number of nitrogens with zero attached hydrogens (tertiary/aromatic N) is 2. The molecule has 1 aromatic carbocycles. The summed E-state index contributed by atoms with van der Waals surface area (Å²) < 4.78 is 7.49. The highest BCUT2D eigenvalue weighted by Gasteiger charge is 2.20. The Labute approximate surface area is 128 Å². The topological polar surface area (TPSA) is 43.0 Å². The Bertz CT molecular complexity index is 775. The number of hydrogen-bond donors (Lipinski definition) is 1. The van der Waals surface area contributed by atoms with Crippen molar-refractivity contribution in [2.24, 2.45) is 7.05 Å². The summed E-state index contributed by atoms with van der Waals surface area (Å²) in [7, 11) is 3.87. The Morgan fingerprint density at radius 1 is 1.38 bits per heavy atom. The van der Waals surface area contributed by atoms with Crippen molar-refractivity contribution < 1.29 is 4.42 Å². The molecule has 0 amide bonds. The Morgan fingerprint density at radius 3 is 2.81 bits per heavy atom. The first-order valence-corrected chi connectivity index (χ1v) is 7.31. The van der Waals surface area contributed by atoms with Gasteiger partial charge in [-0.25, -0.2) is 0 Å². The molecule has 0 aliphatic carbocycles. The van der Waals surface area contributed by atoms with E-state index in [1.807, 2.05) is 50.2 Å². The van der Waals surface area contributed by atoms with Gasteiger partial charge in [0.2, 0.25) is 0 Å². The van der Waals surface area contributed by atoms with E-state index in [0.29, 0.717) is 0 Å². The van der Waals surface area contributed by atoms with Crippen molar-refractivity contribution in [2.75, 3.05) is 7.05 Å². The van der Waals surface area contributed by atoms with Crippen molar-refractivity contribution in [3.63, 3.8) is 0 Å². The predicted molar refractivity (Wildman–Crippen MR) is 84.7 cm³/mol. The molecule has 1 unspecified atom stereocenters. The number of aryl methyl sites for hydroxylation is 2. The van der Waals surface area contributed by atoms with E-state index in [1.165, 1.54) is 0 Å². The fourth-order valence-corrected chi connectivity index (χ4v) is 2.97. The molecular weight excluding hydrogens is 286 g/mol. The quantitative estimate of drug-likeness (QED) is 0.800. The van der Waals surface area contributed by atoms with Crippen LogP contribution in [0.2, 0.25) is 5.02 Å². The normalized spacial score (nSPS) is 13.0. The fourth-order valence-electron chi connectivity index (χ4n) is 2.73. The molecule has 0 aliphatic heterocycles. The average Bonchev–Trinajstić information content (AvgIpc) is 3.00. The van der Waals surface area contributed by atoms with E-state index in [9.17, 15) is 0 Å². The fraction of sp³-hybridized carbons (Fsp3) is 0.312. The lowest BCUT2D eigenvalue weighted by molar-refractivity contribution is 0.545. The summed E-state index contributed by atoms with van der Waals surface area (Å²) in [6.45, 7) is 1.92. The Kier molecular flexibility index (Phi) is 3.74. The number of likely N-dealkylation sites (N-methyl/N-ethyl adjacent to an activating group) is 1. The first-order chi connectivity index (χ1) is 10.1. The SMILES string of the molecule is CNC(Cc1c(Cl)c(C)nn1C)c1coc2ccccc12. The maximum Gasteiger partial charge on any atom is 0.134 e. The van der Waals surface area contributed by atoms with Crippen molar-refractivity contribution >= 4 is 22.6 Å². The van der Waals surface area contributed by atoms with Crippen LogP contribution in [0.4, 0.5) is 0 Å².